The van der Waals surface area contributed by atoms with Gasteiger partial charge in [-0.25, -0.2) is 4.79 Å². The molecule has 2 unspecified atom stereocenters. The Morgan fingerprint density at radius 1 is 0.923 bits per heavy atom. The van der Waals surface area contributed by atoms with Crippen molar-refractivity contribution in [3.8, 4) is 11.1 Å². The minimum atomic E-state index is -0.430. The van der Waals surface area contributed by atoms with E-state index in [2.05, 4.69) is 24.3 Å². The number of carbonyl (C=O) groups excluding carboxylic acids is 2. The normalized spacial score (nSPS) is 20.3. The van der Waals surface area contributed by atoms with Gasteiger partial charge in [-0.05, 0) is 53.1 Å². The number of fused-ring (bicyclic) bond motifs is 3. The van der Waals surface area contributed by atoms with E-state index >= 15 is 0 Å². The summed E-state index contributed by atoms with van der Waals surface area (Å²) in [7, 11) is 0. The van der Waals surface area contributed by atoms with Gasteiger partial charge in [0.25, 0.3) is 0 Å². The van der Waals surface area contributed by atoms with Crippen LogP contribution in [-0.4, -0.2) is 53.6 Å². The van der Waals surface area contributed by atoms with Crippen LogP contribution in [0.5, 0.6) is 0 Å². The molecule has 1 saturated heterocycles. The second-order valence-corrected chi connectivity index (χ2v) is 11.6. The first kappa shape index (κ1) is 26.2. The van der Waals surface area contributed by atoms with Crippen molar-refractivity contribution in [1.29, 1.82) is 0 Å². The van der Waals surface area contributed by atoms with Gasteiger partial charge in [-0.15, -0.1) is 0 Å². The highest BCUT2D eigenvalue weighted by atomic mass is 35.5. The minimum Gasteiger partial charge on any atom is -0.448 e. The molecular weight excluding hydrogens is 533 g/mol. The minimum absolute atomic E-state index is 0.000129. The third-order valence-electron chi connectivity index (χ3n) is 8.07. The van der Waals surface area contributed by atoms with Crippen molar-refractivity contribution in [2.24, 2.45) is 11.7 Å². The van der Waals surface area contributed by atoms with Crippen LogP contribution in [0, 0.1) is 5.92 Å². The van der Waals surface area contributed by atoms with Crippen molar-refractivity contribution in [2.75, 3.05) is 19.7 Å². The summed E-state index contributed by atoms with van der Waals surface area (Å²) < 4.78 is 5.87. The van der Waals surface area contributed by atoms with Crippen LogP contribution in [0.1, 0.15) is 41.9 Å². The van der Waals surface area contributed by atoms with E-state index in [1.165, 1.54) is 11.1 Å². The highest BCUT2D eigenvalue weighted by Gasteiger charge is 2.40. The Labute approximate surface area is 238 Å². The summed E-state index contributed by atoms with van der Waals surface area (Å²) in [6.07, 6.45) is 2.01. The summed E-state index contributed by atoms with van der Waals surface area (Å²) in [5, 5.41) is 0.941. The lowest BCUT2D eigenvalue weighted by molar-refractivity contribution is -0.138. The second kappa shape index (κ2) is 10.8. The molecule has 2 amide bonds. The van der Waals surface area contributed by atoms with Crippen molar-refractivity contribution in [3.05, 3.63) is 93.5 Å². The molecule has 2 fully saturated rings. The number of ether oxygens (including phenoxy) is 1. The van der Waals surface area contributed by atoms with Gasteiger partial charge in [-0.1, -0.05) is 83.9 Å². The number of likely N-dealkylation sites (tertiary alicyclic amines) is 1. The van der Waals surface area contributed by atoms with Crippen molar-refractivity contribution in [2.45, 2.75) is 43.8 Å². The molecule has 6 rings (SSSR count). The third kappa shape index (κ3) is 5.25. The third-order valence-corrected chi connectivity index (χ3v) is 8.93. The van der Waals surface area contributed by atoms with Gasteiger partial charge >= 0.3 is 6.09 Å². The SMILES string of the molecule is NC1CC(C(=O)N(Cc2cccc(Cl)c2Cl)C2CC2)CN(C(=O)OCC2c3ccccc3-c3ccccc32)C1. The Bertz CT molecular complexity index is 1360. The summed E-state index contributed by atoms with van der Waals surface area (Å²) in [4.78, 5) is 30.5. The zero-order chi connectivity index (χ0) is 27.1. The number of carbonyl (C=O) groups is 2. The van der Waals surface area contributed by atoms with Crippen molar-refractivity contribution in [3.63, 3.8) is 0 Å². The lowest BCUT2D eigenvalue weighted by atomic mass is 9.93. The molecule has 3 aromatic rings. The molecule has 8 heteroatoms. The van der Waals surface area contributed by atoms with Gasteiger partial charge in [0, 0.05) is 37.6 Å². The van der Waals surface area contributed by atoms with Crippen LogP contribution in [0.4, 0.5) is 4.79 Å². The summed E-state index contributed by atoms with van der Waals surface area (Å²) >= 11 is 12.6. The molecular formula is C31H31Cl2N3O3. The summed E-state index contributed by atoms with van der Waals surface area (Å²) in [6, 6.07) is 21.8. The fourth-order valence-corrected chi connectivity index (χ4v) is 6.39. The van der Waals surface area contributed by atoms with Crippen LogP contribution in [0.25, 0.3) is 11.1 Å². The van der Waals surface area contributed by atoms with E-state index in [4.69, 9.17) is 33.7 Å². The lowest BCUT2D eigenvalue weighted by Crippen LogP contribution is -2.54. The molecule has 3 aliphatic rings. The first-order chi connectivity index (χ1) is 18.9. The molecule has 202 valence electrons. The number of benzene rings is 3. The van der Waals surface area contributed by atoms with Gasteiger partial charge in [0.15, 0.2) is 0 Å². The predicted octanol–water partition coefficient (Wildman–Crippen LogP) is 6.08. The number of hydrogen-bond donors (Lipinski definition) is 1. The van der Waals surface area contributed by atoms with E-state index in [1.807, 2.05) is 41.3 Å². The first-order valence-electron chi connectivity index (χ1n) is 13.5. The van der Waals surface area contributed by atoms with E-state index in [0.29, 0.717) is 29.6 Å². The Kier molecular flexibility index (Phi) is 7.27. The van der Waals surface area contributed by atoms with Crippen LogP contribution in [0.15, 0.2) is 66.7 Å². The number of amides is 2. The molecule has 39 heavy (non-hydrogen) atoms. The molecule has 1 aliphatic heterocycles. The number of hydrogen-bond acceptors (Lipinski definition) is 4. The summed E-state index contributed by atoms with van der Waals surface area (Å²) in [5.41, 5.74) is 11.9. The van der Waals surface area contributed by atoms with Crippen LogP contribution in [0.3, 0.4) is 0 Å². The van der Waals surface area contributed by atoms with Crippen molar-refractivity contribution >= 4 is 35.2 Å². The maximum absolute atomic E-state index is 13.8. The molecule has 3 aromatic carbocycles. The van der Waals surface area contributed by atoms with Gasteiger partial charge in [-0.3, -0.25) is 4.79 Å². The topological polar surface area (TPSA) is 75.9 Å². The fraction of sp³-hybridized carbons (Fsp3) is 0.355. The molecule has 6 nitrogen and oxygen atoms in total. The number of rotatable bonds is 6. The van der Waals surface area contributed by atoms with E-state index in [-0.39, 0.29) is 37.1 Å². The predicted molar refractivity (Wildman–Crippen MR) is 153 cm³/mol. The van der Waals surface area contributed by atoms with Crippen molar-refractivity contribution in [1.82, 2.24) is 9.80 Å². The van der Waals surface area contributed by atoms with Crippen LogP contribution >= 0.6 is 23.2 Å². The Morgan fingerprint density at radius 2 is 1.59 bits per heavy atom. The zero-order valence-corrected chi connectivity index (χ0v) is 23.1. The van der Waals surface area contributed by atoms with E-state index in [0.717, 1.165) is 29.5 Å². The monoisotopic (exact) mass is 563 g/mol. The molecule has 0 bridgehead atoms. The van der Waals surface area contributed by atoms with Gasteiger partial charge in [0.05, 0.1) is 16.0 Å². The summed E-state index contributed by atoms with van der Waals surface area (Å²) in [6.45, 7) is 1.28. The number of halogens is 2. The van der Waals surface area contributed by atoms with E-state index < -0.39 is 12.0 Å². The van der Waals surface area contributed by atoms with Crippen LogP contribution < -0.4 is 5.73 Å². The molecule has 2 aliphatic carbocycles. The van der Waals surface area contributed by atoms with Gasteiger partial charge in [0.2, 0.25) is 5.91 Å². The molecule has 0 radical (unpaired) electrons. The smallest absolute Gasteiger partial charge is 0.409 e. The van der Waals surface area contributed by atoms with Gasteiger partial charge < -0.3 is 20.3 Å². The fourth-order valence-electron chi connectivity index (χ4n) is 6.01. The molecule has 1 heterocycles. The molecule has 1 saturated carbocycles. The number of nitrogens with zero attached hydrogens (tertiary/aromatic N) is 2. The highest BCUT2D eigenvalue weighted by Crippen LogP contribution is 2.44. The van der Waals surface area contributed by atoms with Crippen LogP contribution in [-0.2, 0) is 16.1 Å². The van der Waals surface area contributed by atoms with E-state index in [9.17, 15) is 9.59 Å². The Hall–Kier alpha value is -3.06. The van der Waals surface area contributed by atoms with Gasteiger partial charge in [0.1, 0.15) is 6.61 Å². The van der Waals surface area contributed by atoms with Crippen molar-refractivity contribution < 1.29 is 14.3 Å². The van der Waals surface area contributed by atoms with E-state index in [1.54, 1.807) is 11.0 Å². The Balaban J connectivity index is 1.14. The molecule has 0 spiro atoms. The maximum atomic E-state index is 13.8. The average Bonchev–Trinajstić information content (AvgIpc) is 3.74. The standard InChI is InChI=1S/C31H31Cl2N3O3/c32-28-11-5-6-19(29(28)33)16-36(22-12-13-22)30(37)20-14-21(34)17-35(15-20)31(38)39-18-27-25-9-3-1-7-23(25)24-8-2-4-10-26(24)27/h1-11,20-22,27H,12-18,34H2. The molecule has 2 atom stereocenters. The molecule has 2 N–H and O–H groups in total. The lowest BCUT2D eigenvalue weighted by Gasteiger charge is -2.37. The zero-order valence-electron chi connectivity index (χ0n) is 21.6. The van der Waals surface area contributed by atoms with Crippen LogP contribution in [0.2, 0.25) is 10.0 Å². The Morgan fingerprint density at radius 3 is 2.26 bits per heavy atom. The average molecular weight is 565 g/mol. The summed E-state index contributed by atoms with van der Waals surface area (Å²) in [5.74, 6) is -0.419. The van der Waals surface area contributed by atoms with Gasteiger partial charge in [-0.2, -0.15) is 0 Å². The number of nitrogens with two attached hydrogens (primary N) is 1. The quantitative estimate of drug-likeness (QED) is 0.394. The number of piperidine rings is 1. The molecule has 0 aromatic heterocycles. The maximum Gasteiger partial charge on any atom is 0.409 e. The highest BCUT2D eigenvalue weighted by molar-refractivity contribution is 6.42. The second-order valence-electron chi connectivity index (χ2n) is 10.8. The first-order valence-corrected chi connectivity index (χ1v) is 14.2. The largest absolute Gasteiger partial charge is 0.448 e.